The summed E-state index contributed by atoms with van der Waals surface area (Å²) in [5.74, 6) is -1.27. The molecular formula is C14H12BrFN2O2S. The van der Waals surface area contributed by atoms with Gasteiger partial charge in [-0.25, -0.2) is 4.39 Å². The van der Waals surface area contributed by atoms with E-state index in [1.165, 1.54) is 6.07 Å². The van der Waals surface area contributed by atoms with E-state index in [9.17, 15) is 13.4 Å². The fourth-order valence-electron chi connectivity index (χ4n) is 1.68. The van der Waals surface area contributed by atoms with E-state index >= 15 is 0 Å². The zero-order valence-electron chi connectivity index (χ0n) is 10.8. The first kappa shape index (κ1) is 15.7. The molecule has 0 fully saturated rings. The molecule has 7 heteroatoms. The van der Waals surface area contributed by atoms with Gasteiger partial charge in [0.15, 0.2) is 0 Å². The number of halogens is 2. The minimum Gasteiger partial charge on any atom is -0.399 e. The second kappa shape index (κ2) is 6.82. The summed E-state index contributed by atoms with van der Waals surface area (Å²) in [4.78, 5) is 12.0. The molecule has 2 aromatic carbocycles. The molecule has 0 bridgehead atoms. The van der Waals surface area contributed by atoms with E-state index in [1.807, 2.05) is 6.07 Å². The van der Waals surface area contributed by atoms with Gasteiger partial charge in [-0.3, -0.25) is 9.00 Å². The molecule has 110 valence electrons. The van der Waals surface area contributed by atoms with Crippen LogP contribution in [0.3, 0.4) is 0 Å². The maximum Gasteiger partial charge on any atom is 0.237 e. The lowest BCUT2D eigenvalue weighted by Gasteiger charge is -2.06. The van der Waals surface area contributed by atoms with Gasteiger partial charge in [0.05, 0.1) is 10.8 Å². The standard InChI is InChI=1S/C14H12BrFN2O2S/c15-9-2-1-3-12(4-9)18-14(19)8-21(20)13-6-10(16)5-11(17)7-13/h1-7H,8,17H2,(H,18,19). The third kappa shape index (κ3) is 4.64. The topological polar surface area (TPSA) is 72.2 Å². The number of amides is 1. The highest BCUT2D eigenvalue weighted by atomic mass is 79.9. The van der Waals surface area contributed by atoms with Crippen molar-refractivity contribution in [2.75, 3.05) is 16.8 Å². The Labute approximate surface area is 132 Å². The number of rotatable bonds is 4. The molecule has 4 nitrogen and oxygen atoms in total. The molecule has 2 rings (SSSR count). The Balaban J connectivity index is 2.03. The number of carbonyl (C=O) groups excluding carboxylic acids is 1. The van der Waals surface area contributed by atoms with Crippen LogP contribution >= 0.6 is 15.9 Å². The number of nitrogen functional groups attached to an aromatic ring is 1. The average Bonchev–Trinajstić information content (AvgIpc) is 2.37. The van der Waals surface area contributed by atoms with Crippen molar-refractivity contribution in [1.29, 1.82) is 0 Å². The number of hydrogen-bond acceptors (Lipinski definition) is 3. The number of carbonyl (C=O) groups is 1. The van der Waals surface area contributed by atoms with Crippen LogP contribution < -0.4 is 11.1 Å². The van der Waals surface area contributed by atoms with Crippen molar-refractivity contribution < 1.29 is 13.4 Å². The third-order valence-electron chi connectivity index (χ3n) is 2.53. The molecular weight excluding hydrogens is 359 g/mol. The lowest BCUT2D eigenvalue weighted by atomic mass is 10.3. The second-order valence-corrected chi connectivity index (χ2v) is 6.64. The molecule has 0 heterocycles. The highest BCUT2D eigenvalue weighted by Gasteiger charge is 2.12. The highest BCUT2D eigenvalue weighted by molar-refractivity contribution is 9.10. The third-order valence-corrected chi connectivity index (χ3v) is 4.31. The molecule has 0 aliphatic rings. The van der Waals surface area contributed by atoms with Gasteiger partial charge in [-0.15, -0.1) is 0 Å². The van der Waals surface area contributed by atoms with Crippen molar-refractivity contribution in [3.05, 3.63) is 52.8 Å². The molecule has 0 aliphatic heterocycles. The van der Waals surface area contributed by atoms with Crippen molar-refractivity contribution in [1.82, 2.24) is 0 Å². The predicted molar refractivity (Wildman–Crippen MR) is 84.9 cm³/mol. The van der Waals surface area contributed by atoms with Gasteiger partial charge in [-0.05, 0) is 36.4 Å². The molecule has 21 heavy (non-hydrogen) atoms. The number of nitrogens with two attached hydrogens (primary N) is 1. The Bertz CT molecular complexity index is 689. The summed E-state index contributed by atoms with van der Waals surface area (Å²) in [6, 6.07) is 10.7. The zero-order chi connectivity index (χ0) is 15.4. The van der Waals surface area contributed by atoms with Gasteiger partial charge in [0.1, 0.15) is 11.6 Å². The van der Waals surface area contributed by atoms with Crippen molar-refractivity contribution >= 4 is 44.0 Å². The second-order valence-electron chi connectivity index (χ2n) is 4.27. The number of hydrogen-bond donors (Lipinski definition) is 2. The van der Waals surface area contributed by atoms with Crippen LogP contribution in [-0.4, -0.2) is 15.9 Å². The SMILES string of the molecule is Nc1cc(F)cc(S(=O)CC(=O)Nc2cccc(Br)c2)c1. The quantitative estimate of drug-likeness (QED) is 0.812. The first-order chi connectivity index (χ1) is 9.94. The summed E-state index contributed by atoms with van der Waals surface area (Å²) in [6.07, 6.45) is 0. The van der Waals surface area contributed by atoms with Crippen LogP contribution in [0.15, 0.2) is 51.8 Å². The van der Waals surface area contributed by atoms with Gasteiger partial charge in [-0.2, -0.15) is 0 Å². The minimum absolute atomic E-state index is 0.172. The minimum atomic E-state index is -1.66. The maximum absolute atomic E-state index is 13.2. The van der Waals surface area contributed by atoms with E-state index in [-0.39, 0.29) is 16.3 Å². The summed E-state index contributed by atoms with van der Waals surface area (Å²) in [5, 5.41) is 2.63. The molecule has 2 aromatic rings. The Morgan fingerprint density at radius 2 is 2.05 bits per heavy atom. The van der Waals surface area contributed by atoms with Crippen LogP contribution in [0.1, 0.15) is 0 Å². The molecule has 1 unspecified atom stereocenters. The molecule has 1 amide bonds. The largest absolute Gasteiger partial charge is 0.399 e. The summed E-state index contributed by atoms with van der Waals surface area (Å²) in [7, 11) is -1.66. The van der Waals surface area contributed by atoms with E-state index in [4.69, 9.17) is 5.73 Å². The van der Waals surface area contributed by atoms with Gasteiger partial charge in [0, 0.05) is 20.7 Å². The van der Waals surface area contributed by atoms with Crippen molar-refractivity contribution in [3.8, 4) is 0 Å². The number of nitrogens with one attached hydrogen (secondary N) is 1. The normalized spacial score (nSPS) is 11.9. The van der Waals surface area contributed by atoms with Gasteiger partial charge in [0.2, 0.25) is 5.91 Å². The van der Waals surface area contributed by atoms with Crippen LogP contribution in [0.25, 0.3) is 0 Å². The van der Waals surface area contributed by atoms with Crippen LogP contribution in [0.5, 0.6) is 0 Å². The molecule has 3 N–H and O–H groups in total. The van der Waals surface area contributed by atoms with E-state index in [1.54, 1.807) is 18.2 Å². The summed E-state index contributed by atoms with van der Waals surface area (Å²) in [5.41, 5.74) is 6.25. The average molecular weight is 371 g/mol. The highest BCUT2D eigenvalue weighted by Crippen LogP contribution is 2.17. The van der Waals surface area contributed by atoms with Gasteiger partial charge < -0.3 is 11.1 Å². The number of benzene rings is 2. The molecule has 0 saturated heterocycles. The zero-order valence-corrected chi connectivity index (χ0v) is 13.2. The fourth-order valence-corrected chi connectivity index (χ4v) is 3.07. The molecule has 0 spiro atoms. The molecule has 0 aromatic heterocycles. The molecule has 0 saturated carbocycles. The van der Waals surface area contributed by atoms with Crippen LogP contribution in [0.2, 0.25) is 0 Å². The van der Waals surface area contributed by atoms with Gasteiger partial charge in [0.25, 0.3) is 0 Å². The smallest absolute Gasteiger partial charge is 0.237 e. The molecule has 0 radical (unpaired) electrons. The van der Waals surface area contributed by atoms with E-state index in [0.717, 1.165) is 16.6 Å². The fraction of sp³-hybridized carbons (Fsp3) is 0.0714. The first-order valence-electron chi connectivity index (χ1n) is 5.94. The monoisotopic (exact) mass is 370 g/mol. The summed E-state index contributed by atoms with van der Waals surface area (Å²) < 4.78 is 26.1. The Hall–Kier alpha value is -1.73. The van der Waals surface area contributed by atoms with Crippen molar-refractivity contribution in [2.45, 2.75) is 4.90 Å². The molecule has 1 atom stereocenters. The molecule has 0 aliphatic carbocycles. The Morgan fingerprint density at radius 3 is 2.71 bits per heavy atom. The predicted octanol–water partition coefficient (Wildman–Crippen LogP) is 2.92. The van der Waals surface area contributed by atoms with E-state index in [0.29, 0.717) is 5.69 Å². The van der Waals surface area contributed by atoms with Gasteiger partial charge >= 0.3 is 0 Å². The van der Waals surface area contributed by atoms with Crippen molar-refractivity contribution in [3.63, 3.8) is 0 Å². The van der Waals surface area contributed by atoms with E-state index < -0.39 is 22.5 Å². The van der Waals surface area contributed by atoms with Crippen LogP contribution in [0, 0.1) is 5.82 Å². The van der Waals surface area contributed by atoms with Crippen molar-refractivity contribution in [2.24, 2.45) is 0 Å². The number of anilines is 2. The Kier molecular flexibility index (Phi) is 5.08. The maximum atomic E-state index is 13.2. The lowest BCUT2D eigenvalue weighted by Crippen LogP contribution is -2.19. The van der Waals surface area contributed by atoms with Gasteiger partial charge in [-0.1, -0.05) is 22.0 Å². The Morgan fingerprint density at radius 1 is 1.29 bits per heavy atom. The summed E-state index contributed by atoms with van der Waals surface area (Å²) >= 11 is 3.29. The van der Waals surface area contributed by atoms with Crippen LogP contribution in [0.4, 0.5) is 15.8 Å². The lowest BCUT2D eigenvalue weighted by molar-refractivity contribution is -0.113. The van der Waals surface area contributed by atoms with Crippen LogP contribution in [-0.2, 0) is 15.6 Å². The summed E-state index contributed by atoms with van der Waals surface area (Å²) in [6.45, 7) is 0. The first-order valence-corrected chi connectivity index (χ1v) is 8.05. The van der Waals surface area contributed by atoms with E-state index in [2.05, 4.69) is 21.2 Å².